The molecule has 0 radical (unpaired) electrons. The summed E-state index contributed by atoms with van der Waals surface area (Å²) in [7, 11) is 0. The van der Waals surface area contributed by atoms with Crippen LogP contribution in [0.25, 0.3) is 0 Å². The first-order valence-electron chi connectivity index (χ1n) is 4.89. The van der Waals surface area contributed by atoms with Gasteiger partial charge in [0.15, 0.2) is 12.7 Å². The van der Waals surface area contributed by atoms with Gasteiger partial charge in [0.05, 0.1) is 6.61 Å². The maximum atomic E-state index is 11.2. The summed E-state index contributed by atoms with van der Waals surface area (Å²) in [6, 6.07) is 8.92. The van der Waals surface area contributed by atoms with Crippen LogP contribution >= 0.6 is 0 Å². The number of carbonyl (C=O) groups excluding carboxylic acids is 2. The maximum Gasteiger partial charge on any atom is 0.264 e. The molecule has 1 saturated heterocycles. The third kappa shape index (κ3) is 3.06. The molecule has 2 rings (SSSR count). The Labute approximate surface area is 92.4 Å². The average molecular weight is 221 g/mol. The van der Waals surface area contributed by atoms with E-state index in [1.807, 2.05) is 6.07 Å². The van der Waals surface area contributed by atoms with Gasteiger partial charge in [0.25, 0.3) is 11.8 Å². The predicted molar refractivity (Wildman–Crippen MR) is 54.8 cm³/mol. The summed E-state index contributed by atoms with van der Waals surface area (Å²) in [4.78, 5) is 22.4. The quantitative estimate of drug-likeness (QED) is 0.732. The summed E-state index contributed by atoms with van der Waals surface area (Å²) >= 11 is 0. The van der Waals surface area contributed by atoms with E-state index in [4.69, 9.17) is 9.47 Å². The van der Waals surface area contributed by atoms with E-state index in [0.717, 1.165) is 0 Å². The normalized spacial score (nSPS) is 17.6. The lowest BCUT2D eigenvalue weighted by Gasteiger charge is -2.05. The molecule has 1 unspecified atom stereocenters. The van der Waals surface area contributed by atoms with E-state index >= 15 is 0 Å². The summed E-state index contributed by atoms with van der Waals surface area (Å²) in [5.74, 6) is -0.279. The Bertz CT molecular complexity index is 386. The van der Waals surface area contributed by atoms with Crippen LogP contribution in [-0.4, -0.2) is 31.1 Å². The third-order valence-electron chi connectivity index (χ3n) is 2.00. The fourth-order valence-corrected chi connectivity index (χ4v) is 1.12. The monoisotopic (exact) mass is 221 g/mol. The minimum absolute atomic E-state index is 0.178. The van der Waals surface area contributed by atoms with Gasteiger partial charge in [0, 0.05) is 0 Å². The van der Waals surface area contributed by atoms with E-state index in [9.17, 15) is 9.59 Å². The summed E-state index contributed by atoms with van der Waals surface area (Å²) in [5.41, 5.74) is 0. The van der Waals surface area contributed by atoms with Crippen molar-refractivity contribution in [3.63, 3.8) is 0 Å². The van der Waals surface area contributed by atoms with Gasteiger partial charge in [0.2, 0.25) is 0 Å². The van der Waals surface area contributed by atoms with Crippen molar-refractivity contribution < 1.29 is 19.1 Å². The van der Waals surface area contributed by atoms with E-state index < -0.39 is 17.9 Å². The van der Waals surface area contributed by atoms with Crippen molar-refractivity contribution >= 4 is 11.8 Å². The molecule has 1 aromatic rings. The number of para-hydroxylation sites is 1. The van der Waals surface area contributed by atoms with Crippen molar-refractivity contribution in [1.29, 1.82) is 0 Å². The number of epoxide rings is 1. The van der Waals surface area contributed by atoms with Crippen LogP contribution in [0.3, 0.4) is 0 Å². The Morgan fingerprint density at radius 1 is 1.38 bits per heavy atom. The molecule has 0 spiro atoms. The van der Waals surface area contributed by atoms with Crippen molar-refractivity contribution in [2.75, 3.05) is 13.2 Å². The van der Waals surface area contributed by atoms with Crippen LogP contribution in [0.5, 0.6) is 5.75 Å². The Hall–Kier alpha value is -1.88. The molecule has 1 fully saturated rings. The lowest BCUT2D eigenvalue weighted by atomic mass is 10.3. The van der Waals surface area contributed by atoms with Crippen LogP contribution in [0, 0.1) is 0 Å². The van der Waals surface area contributed by atoms with Gasteiger partial charge in [-0.1, -0.05) is 18.2 Å². The molecule has 1 aliphatic heterocycles. The molecule has 2 amide bonds. The summed E-state index contributed by atoms with van der Waals surface area (Å²) in [5, 5.41) is 2.18. The number of hydrogen-bond donors (Lipinski definition) is 1. The Morgan fingerprint density at radius 2 is 2.06 bits per heavy atom. The number of carbonyl (C=O) groups is 2. The second-order valence-corrected chi connectivity index (χ2v) is 3.34. The van der Waals surface area contributed by atoms with Crippen LogP contribution in [0.2, 0.25) is 0 Å². The second kappa shape index (κ2) is 4.76. The van der Waals surface area contributed by atoms with Crippen molar-refractivity contribution in [2.24, 2.45) is 0 Å². The highest BCUT2D eigenvalue weighted by atomic mass is 16.6. The maximum absolute atomic E-state index is 11.2. The number of benzene rings is 1. The molecule has 0 bridgehead atoms. The van der Waals surface area contributed by atoms with Gasteiger partial charge in [-0.3, -0.25) is 14.9 Å². The standard InChI is InChI=1S/C11H11NO4/c13-10(12-11(14)9-6-16-9)7-15-8-4-2-1-3-5-8/h1-5,9H,6-7H2,(H,12,13,14). The zero-order valence-corrected chi connectivity index (χ0v) is 8.51. The van der Waals surface area contributed by atoms with Crippen LogP contribution in [-0.2, 0) is 14.3 Å². The van der Waals surface area contributed by atoms with Gasteiger partial charge in [-0.15, -0.1) is 0 Å². The van der Waals surface area contributed by atoms with Crippen LogP contribution in [0.15, 0.2) is 30.3 Å². The molecule has 1 aliphatic rings. The minimum atomic E-state index is -0.468. The highest BCUT2D eigenvalue weighted by molar-refractivity contribution is 5.98. The third-order valence-corrected chi connectivity index (χ3v) is 2.00. The molecular formula is C11H11NO4. The fraction of sp³-hybridized carbons (Fsp3) is 0.273. The van der Waals surface area contributed by atoms with E-state index in [-0.39, 0.29) is 6.61 Å². The Kier molecular flexibility index (Phi) is 3.16. The fourth-order valence-electron chi connectivity index (χ4n) is 1.12. The number of imide groups is 1. The largest absolute Gasteiger partial charge is 0.484 e. The summed E-state index contributed by atoms with van der Waals surface area (Å²) < 4.78 is 9.89. The van der Waals surface area contributed by atoms with E-state index in [1.165, 1.54) is 0 Å². The van der Waals surface area contributed by atoms with Crippen molar-refractivity contribution in [3.8, 4) is 5.75 Å². The molecule has 1 N–H and O–H groups in total. The van der Waals surface area contributed by atoms with Gasteiger partial charge in [-0.25, -0.2) is 0 Å². The molecule has 5 heteroatoms. The Balaban J connectivity index is 1.73. The number of nitrogens with one attached hydrogen (secondary N) is 1. The van der Waals surface area contributed by atoms with E-state index in [2.05, 4.69) is 5.32 Å². The van der Waals surface area contributed by atoms with Gasteiger partial charge < -0.3 is 9.47 Å². The molecular weight excluding hydrogens is 210 g/mol. The summed E-state index contributed by atoms with van der Waals surface area (Å²) in [6.45, 7) is 0.209. The molecule has 1 heterocycles. The molecule has 5 nitrogen and oxygen atoms in total. The lowest BCUT2D eigenvalue weighted by molar-refractivity contribution is -0.132. The van der Waals surface area contributed by atoms with E-state index in [0.29, 0.717) is 12.4 Å². The van der Waals surface area contributed by atoms with Crippen LogP contribution < -0.4 is 10.1 Å². The van der Waals surface area contributed by atoms with Gasteiger partial charge in [0.1, 0.15) is 5.75 Å². The van der Waals surface area contributed by atoms with Gasteiger partial charge >= 0.3 is 0 Å². The average Bonchev–Trinajstić information content (AvgIpc) is 3.11. The summed E-state index contributed by atoms with van der Waals surface area (Å²) in [6.07, 6.45) is -0.458. The topological polar surface area (TPSA) is 67.9 Å². The molecule has 1 atom stereocenters. The van der Waals surface area contributed by atoms with Crippen molar-refractivity contribution in [1.82, 2.24) is 5.32 Å². The minimum Gasteiger partial charge on any atom is -0.484 e. The molecule has 0 saturated carbocycles. The SMILES string of the molecule is O=C(COc1ccccc1)NC(=O)C1CO1. The zero-order chi connectivity index (χ0) is 11.4. The number of rotatable bonds is 4. The molecule has 84 valence electrons. The highest BCUT2D eigenvalue weighted by Crippen LogP contribution is 2.09. The molecule has 0 aromatic heterocycles. The molecule has 0 aliphatic carbocycles. The zero-order valence-electron chi connectivity index (χ0n) is 8.51. The number of hydrogen-bond acceptors (Lipinski definition) is 4. The highest BCUT2D eigenvalue weighted by Gasteiger charge is 2.32. The molecule has 1 aromatic carbocycles. The van der Waals surface area contributed by atoms with Crippen molar-refractivity contribution in [2.45, 2.75) is 6.10 Å². The van der Waals surface area contributed by atoms with E-state index in [1.54, 1.807) is 24.3 Å². The second-order valence-electron chi connectivity index (χ2n) is 3.34. The van der Waals surface area contributed by atoms with Crippen molar-refractivity contribution in [3.05, 3.63) is 30.3 Å². The Morgan fingerprint density at radius 3 is 2.69 bits per heavy atom. The smallest absolute Gasteiger partial charge is 0.264 e. The van der Waals surface area contributed by atoms with Crippen LogP contribution in [0.1, 0.15) is 0 Å². The van der Waals surface area contributed by atoms with Gasteiger partial charge in [-0.05, 0) is 12.1 Å². The number of ether oxygens (including phenoxy) is 2. The lowest BCUT2D eigenvalue weighted by Crippen LogP contribution is -2.37. The van der Waals surface area contributed by atoms with Crippen LogP contribution in [0.4, 0.5) is 0 Å². The first kappa shape index (κ1) is 10.6. The number of amides is 2. The molecule has 16 heavy (non-hydrogen) atoms. The van der Waals surface area contributed by atoms with Gasteiger partial charge in [-0.2, -0.15) is 0 Å². The first-order chi connectivity index (χ1) is 7.75. The first-order valence-corrected chi connectivity index (χ1v) is 4.89. The predicted octanol–water partition coefficient (Wildman–Crippen LogP) is 0.107.